The van der Waals surface area contributed by atoms with Crippen LogP contribution in [0.4, 0.5) is 5.69 Å². The normalized spacial score (nSPS) is 13.9. The van der Waals surface area contributed by atoms with Crippen LogP contribution in [0, 0.1) is 0 Å². The molecule has 0 unspecified atom stereocenters. The highest BCUT2D eigenvalue weighted by Crippen LogP contribution is 2.31. The quantitative estimate of drug-likeness (QED) is 0.607. The molecule has 0 spiro atoms. The standard InChI is InChI=1S/C15H23NO3/c1-2-3-4-5-6-17-9-12-7-14(16)8-13-10-18-11-19-15(12)13/h7-8H,2-6,9-11,16H2,1H3. The van der Waals surface area contributed by atoms with Crippen molar-refractivity contribution in [2.24, 2.45) is 0 Å². The molecule has 0 fully saturated rings. The van der Waals surface area contributed by atoms with Gasteiger partial charge in [-0.25, -0.2) is 0 Å². The molecule has 2 rings (SSSR count). The molecular weight excluding hydrogens is 242 g/mol. The third-order valence-electron chi connectivity index (χ3n) is 3.21. The van der Waals surface area contributed by atoms with Crippen LogP contribution in [-0.4, -0.2) is 13.4 Å². The Morgan fingerprint density at radius 3 is 3.00 bits per heavy atom. The Morgan fingerprint density at radius 2 is 2.16 bits per heavy atom. The fourth-order valence-electron chi connectivity index (χ4n) is 2.25. The van der Waals surface area contributed by atoms with Crippen molar-refractivity contribution in [1.82, 2.24) is 0 Å². The minimum absolute atomic E-state index is 0.306. The van der Waals surface area contributed by atoms with E-state index in [2.05, 4.69) is 6.92 Å². The Balaban J connectivity index is 1.87. The van der Waals surface area contributed by atoms with E-state index in [1.807, 2.05) is 12.1 Å². The molecular formula is C15H23NO3. The van der Waals surface area contributed by atoms with Gasteiger partial charge >= 0.3 is 0 Å². The first kappa shape index (κ1) is 14.2. The van der Waals surface area contributed by atoms with Gasteiger partial charge in [-0.15, -0.1) is 0 Å². The number of hydrogen-bond donors (Lipinski definition) is 1. The van der Waals surface area contributed by atoms with E-state index in [1.165, 1.54) is 19.3 Å². The summed E-state index contributed by atoms with van der Waals surface area (Å²) in [7, 11) is 0. The summed E-state index contributed by atoms with van der Waals surface area (Å²) < 4.78 is 16.5. The molecule has 1 aromatic carbocycles. The van der Waals surface area contributed by atoms with E-state index in [0.717, 1.165) is 35.6 Å². The van der Waals surface area contributed by atoms with Gasteiger partial charge in [0.25, 0.3) is 0 Å². The average Bonchev–Trinajstić information content (AvgIpc) is 2.42. The molecule has 0 saturated heterocycles. The summed E-state index contributed by atoms with van der Waals surface area (Å²) in [5.41, 5.74) is 8.65. The zero-order valence-corrected chi connectivity index (χ0v) is 11.6. The summed E-state index contributed by atoms with van der Waals surface area (Å²) in [5, 5.41) is 0. The Hall–Kier alpha value is -1.26. The molecule has 0 atom stereocenters. The van der Waals surface area contributed by atoms with Crippen LogP contribution in [-0.2, 0) is 22.7 Å². The number of hydrogen-bond acceptors (Lipinski definition) is 4. The van der Waals surface area contributed by atoms with Gasteiger partial charge in [0.05, 0.1) is 13.2 Å². The van der Waals surface area contributed by atoms with Gasteiger partial charge in [-0.2, -0.15) is 0 Å². The van der Waals surface area contributed by atoms with E-state index in [0.29, 0.717) is 20.0 Å². The van der Waals surface area contributed by atoms with Crippen molar-refractivity contribution in [3.05, 3.63) is 23.3 Å². The summed E-state index contributed by atoms with van der Waals surface area (Å²) in [6.45, 7) is 4.42. The molecule has 4 heteroatoms. The van der Waals surface area contributed by atoms with Crippen LogP contribution in [0.15, 0.2) is 12.1 Å². The number of fused-ring (bicyclic) bond motifs is 1. The van der Waals surface area contributed by atoms with Gasteiger partial charge in [0.15, 0.2) is 6.79 Å². The number of nitrogens with two attached hydrogens (primary N) is 1. The first-order valence-corrected chi connectivity index (χ1v) is 7.01. The molecule has 0 aliphatic carbocycles. The fraction of sp³-hybridized carbons (Fsp3) is 0.600. The van der Waals surface area contributed by atoms with Gasteiger partial charge in [0, 0.05) is 23.4 Å². The van der Waals surface area contributed by atoms with Crippen LogP contribution in [0.1, 0.15) is 43.7 Å². The maximum atomic E-state index is 5.89. The minimum Gasteiger partial charge on any atom is -0.467 e. The van der Waals surface area contributed by atoms with Crippen LogP contribution < -0.4 is 10.5 Å². The number of nitrogen functional groups attached to an aromatic ring is 1. The summed E-state index contributed by atoms with van der Waals surface area (Å²) >= 11 is 0. The lowest BCUT2D eigenvalue weighted by Crippen LogP contribution is -2.14. The lowest BCUT2D eigenvalue weighted by molar-refractivity contribution is -0.0183. The van der Waals surface area contributed by atoms with E-state index in [4.69, 9.17) is 19.9 Å². The van der Waals surface area contributed by atoms with Gasteiger partial charge in [0.1, 0.15) is 5.75 Å². The van der Waals surface area contributed by atoms with Crippen molar-refractivity contribution in [3.63, 3.8) is 0 Å². The van der Waals surface area contributed by atoms with E-state index in [1.54, 1.807) is 0 Å². The van der Waals surface area contributed by atoms with Crippen LogP contribution in [0.2, 0.25) is 0 Å². The second-order valence-electron chi connectivity index (χ2n) is 4.89. The van der Waals surface area contributed by atoms with Crippen molar-refractivity contribution < 1.29 is 14.2 Å². The van der Waals surface area contributed by atoms with Crippen molar-refractivity contribution >= 4 is 5.69 Å². The first-order chi connectivity index (χ1) is 9.31. The van der Waals surface area contributed by atoms with Crippen LogP contribution >= 0.6 is 0 Å². The first-order valence-electron chi connectivity index (χ1n) is 7.01. The predicted molar refractivity (Wildman–Crippen MR) is 74.9 cm³/mol. The summed E-state index contributed by atoms with van der Waals surface area (Å²) in [5.74, 6) is 0.883. The molecule has 4 nitrogen and oxygen atoms in total. The van der Waals surface area contributed by atoms with Gasteiger partial charge in [-0.05, 0) is 18.6 Å². The van der Waals surface area contributed by atoms with Crippen molar-refractivity contribution in [2.45, 2.75) is 45.8 Å². The molecule has 19 heavy (non-hydrogen) atoms. The molecule has 1 aliphatic rings. The lowest BCUT2D eigenvalue weighted by atomic mass is 10.1. The van der Waals surface area contributed by atoms with E-state index in [9.17, 15) is 0 Å². The zero-order chi connectivity index (χ0) is 13.5. The highest BCUT2D eigenvalue weighted by atomic mass is 16.7. The van der Waals surface area contributed by atoms with Gasteiger partial charge in [-0.1, -0.05) is 26.2 Å². The summed E-state index contributed by atoms with van der Waals surface area (Å²) in [4.78, 5) is 0. The van der Waals surface area contributed by atoms with E-state index < -0.39 is 0 Å². The van der Waals surface area contributed by atoms with Crippen LogP contribution in [0.3, 0.4) is 0 Å². The molecule has 0 amide bonds. The Kier molecular flexibility index (Phi) is 5.48. The summed E-state index contributed by atoms with van der Waals surface area (Å²) in [6, 6.07) is 3.83. The lowest BCUT2D eigenvalue weighted by Gasteiger charge is -2.21. The molecule has 0 bridgehead atoms. The monoisotopic (exact) mass is 265 g/mol. The topological polar surface area (TPSA) is 53.7 Å². The number of ether oxygens (including phenoxy) is 3. The Morgan fingerprint density at radius 1 is 1.26 bits per heavy atom. The smallest absolute Gasteiger partial charge is 0.189 e. The van der Waals surface area contributed by atoms with Crippen molar-refractivity contribution in [2.75, 3.05) is 19.1 Å². The molecule has 1 aromatic rings. The fourth-order valence-corrected chi connectivity index (χ4v) is 2.25. The Bertz CT molecular complexity index is 407. The van der Waals surface area contributed by atoms with Gasteiger partial charge in [0.2, 0.25) is 0 Å². The summed E-state index contributed by atoms with van der Waals surface area (Å²) in [6.07, 6.45) is 4.87. The molecule has 0 radical (unpaired) electrons. The Labute approximate surface area is 114 Å². The third kappa shape index (κ3) is 4.11. The number of rotatable bonds is 7. The minimum atomic E-state index is 0.306. The van der Waals surface area contributed by atoms with Crippen molar-refractivity contribution in [1.29, 1.82) is 0 Å². The molecule has 1 heterocycles. The van der Waals surface area contributed by atoms with E-state index in [-0.39, 0.29) is 0 Å². The van der Waals surface area contributed by atoms with Crippen LogP contribution in [0.25, 0.3) is 0 Å². The SMILES string of the molecule is CCCCCCOCc1cc(N)cc2c1OCOC2. The largest absolute Gasteiger partial charge is 0.467 e. The van der Waals surface area contributed by atoms with Gasteiger partial charge in [-0.3, -0.25) is 0 Å². The molecule has 0 saturated carbocycles. The second-order valence-corrected chi connectivity index (χ2v) is 4.89. The molecule has 106 valence electrons. The molecule has 2 N–H and O–H groups in total. The molecule has 1 aliphatic heterocycles. The number of anilines is 1. The number of unbranched alkanes of at least 4 members (excludes halogenated alkanes) is 3. The maximum absolute atomic E-state index is 5.89. The van der Waals surface area contributed by atoms with E-state index >= 15 is 0 Å². The van der Waals surface area contributed by atoms with Crippen molar-refractivity contribution in [3.8, 4) is 5.75 Å². The highest BCUT2D eigenvalue weighted by molar-refractivity contribution is 5.53. The third-order valence-corrected chi connectivity index (χ3v) is 3.21. The number of benzene rings is 1. The maximum Gasteiger partial charge on any atom is 0.189 e. The predicted octanol–water partition coefficient (Wildman–Crippen LogP) is 3.23. The second kappa shape index (κ2) is 7.36. The van der Waals surface area contributed by atoms with Gasteiger partial charge < -0.3 is 19.9 Å². The zero-order valence-electron chi connectivity index (χ0n) is 11.6. The highest BCUT2D eigenvalue weighted by Gasteiger charge is 2.16. The average molecular weight is 265 g/mol. The molecule has 0 aromatic heterocycles. The van der Waals surface area contributed by atoms with Crippen LogP contribution in [0.5, 0.6) is 5.75 Å².